The minimum atomic E-state index is -0.639. The summed E-state index contributed by atoms with van der Waals surface area (Å²) in [4.78, 5) is 24.2. The first kappa shape index (κ1) is 19.9. The summed E-state index contributed by atoms with van der Waals surface area (Å²) in [7, 11) is 1.86. The van der Waals surface area contributed by atoms with Crippen molar-refractivity contribution in [1.82, 2.24) is 21.3 Å². The van der Waals surface area contributed by atoms with Crippen molar-refractivity contribution in [2.75, 3.05) is 26.8 Å². The number of carbonyl (C=O) groups excluding carboxylic acids is 2. The lowest BCUT2D eigenvalue weighted by atomic mass is 10.0. The summed E-state index contributed by atoms with van der Waals surface area (Å²) in [6, 6.07) is 5.98. The smallest absolute Gasteiger partial charge is 0.243 e. The lowest BCUT2D eigenvalue weighted by Crippen LogP contribution is -2.50. The first-order valence-electron chi connectivity index (χ1n) is 8.27. The van der Waals surface area contributed by atoms with E-state index >= 15 is 0 Å². The van der Waals surface area contributed by atoms with Crippen molar-refractivity contribution < 1.29 is 14.7 Å². The monoisotopic (exact) mass is 336 g/mol. The van der Waals surface area contributed by atoms with Gasteiger partial charge in [-0.05, 0) is 31.2 Å². The summed E-state index contributed by atoms with van der Waals surface area (Å²) in [5, 5.41) is 21.0. The second-order valence-corrected chi connectivity index (χ2v) is 5.56. The van der Waals surface area contributed by atoms with Crippen molar-refractivity contribution in [2.24, 2.45) is 0 Å². The Balaban J connectivity index is 2.60. The summed E-state index contributed by atoms with van der Waals surface area (Å²) in [6.45, 7) is 3.80. The van der Waals surface area contributed by atoms with Gasteiger partial charge in [0.15, 0.2) is 0 Å². The normalized spacial score (nSPS) is 11.8. The van der Waals surface area contributed by atoms with Crippen LogP contribution in [0.3, 0.4) is 0 Å². The highest BCUT2D eigenvalue weighted by Crippen LogP contribution is 2.11. The lowest BCUT2D eigenvalue weighted by molar-refractivity contribution is -0.129. The van der Waals surface area contributed by atoms with Crippen LogP contribution in [-0.4, -0.2) is 49.8 Å². The Bertz CT molecular complexity index is 505. The van der Waals surface area contributed by atoms with Crippen molar-refractivity contribution in [3.63, 3.8) is 0 Å². The number of amides is 2. The molecule has 0 aliphatic carbocycles. The van der Waals surface area contributed by atoms with E-state index in [4.69, 9.17) is 0 Å². The molecule has 7 nitrogen and oxygen atoms in total. The number of hydrogen-bond donors (Lipinski definition) is 5. The summed E-state index contributed by atoms with van der Waals surface area (Å²) in [5.41, 5.74) is 0.868. The van der Waals surface area contributed by atoms with Crippen LogP contribution in [0.4, 0.5) is 0 Å². The molecule has 0 aromatic heterocycles. The first-order chi connectivity index (χ1) is 11.6. The van der Waals surface area contributed by atoms with Crippen molar-refractivity contribution in [2.45, 2.75) is 32.2 Å². The highest BCUT2D eigenvalue weighted by atomic mass is 16.3. The number of benzene rings is 1. The van der Waals surface area contributed by atoms with Crippen LogP contribution in [0.5, 0.6) is 5.75 Å². The molecule has 134 valence electrons. The fourth-order valence-corrected chi connectivity index (χ4v) is 2.15. The summed E-state index contributed by atoms with van der Waals surface area (Å²) >= 11 is 0. The van der Waals surface area contributed by atoms with Gasteiger partial charge in [0, 0.05) is 25.9 Å². The van der Waals surface area contributed by atoms with Gasteiger partial charge in [0.1, 0.15) is 11.8 Å². The maximum Gasteiger partial charge on any atom is 0.243 e. The van der Waals surface area contributed by atoms with Crippen LogP contribution >= 0.6 is 0 Å². The fraction of sp³-hybridized carbons (Fsp3) is 0.529. The Morgan fingerprint density at radius 1 is 1.17 bits per heavy atom. The van der Waals surface area contributed by atoms with E-state index in [0.717, 1.165) is 25.1 Å². The third-order valence-corrected chi connectivity index (χ3v) is 3.44. The van der Waals surface area contributed by atoms with Crippen molar-refractivity contribution in [3.05, 3.63) is 29.8 Å². The summed E-state index contributed by atoms with van der Waals surface area (Å²) in [5.74, 6) is -0.201. The molecule has 7 heteroatoms. The van der Waals surface area contributed by atoms with Crippen LogP contribution in [0.2, 0.25) is 0 Å². The van der Waals surface area contributed by atoms with Crippen LogP contribution in [0.25, 0.3) is 0 Å². The molecule has 24 heavy (non-hydrogen) atoms. The standard InChI is InChI=1S/C17H28N4O3/c1-3-4-16(23)21-15(11-13-5-7-14(22)8-6-13)17(24)20-12-19-10-9-18-2/h5-8,15,18-19,22H,3-4,9-12H2,1-2H3,(H,20,24)(H,21,23)/t15-/m0/s1. The molecular formula is C17H28N4O3. The molecule has 1 aromatic carbocycles. The molecule has 1 atom stereocenters. The van der Waals surface area contributed by atoms with E-state index in [2.05, 4.69) is 21.3 Å². The zero-order chi connectivity index (χ0) is 17.8. The van der Waals surface area contributed by atoms with Gasteiger partial charge >= 0.3 is 0 Å². The van der Waals surface area contributed by atoms with Gasteiger partial charge in [0.25, 0.3) is 0 Å². The second-order valence-electron chi connectivity index (χ2n) is 5.56. The van der Waals surface area contributed by atoms with E-state index in [-0.39, 0.29) is 17.6 Å². The van der Waals surface area contributed by atoms with Gasteiger partial charge in [-0.2, -0.15) is 0 Å². The van der Waals surface area contributed by atoms with E-state index in [0.29, 0.717) is 19.5 Å². The highest BCUT2D eigenvalue weighted by Gasteiger charge is 2.20. The molecule has 0 spiro atoms. The third-order valence-electron chi connectivity index (χ3n) is 3.44. The number of carbonyl (C=O) groups is 2. The van der Waals surface area contributed by atoms with Gasteiger partial charge in [0.2, 0.25) is 11.8 Å². The minimum Gasteiger partial charge on any atom is -0.508 e. The highest BCUT2D eigenvalue weighted by molar-refractivity contribution is 5.87. The molecule has 0 bridgehead atoms. The maximum absolute atomic E-state index is 12.4. The molecule has 5 N–H and O–H groups in total. The van der Waals surface area contributed by atoms with Gasteiger partial charge in [-0.15, -0.1) is 0 Å². The Morgan fingerprint density at radius 3 is 2.50 bits per heavy atom. The number of hydrogen-bond acceptors (Lipinski definition) is 5. The minimum absolute atomic E-state index is 0.139. The Hall–Kier alpha value is -2.12. The Morgan fingerprint density at radius 2 is 1.88 bits per heavy atom. The first-order valence-corrected chi connectivity index (χ1v) is 8.27. The summed E-state index contributed by atoms with van der Waals surface area (Å²) < 4.78 is 0. The zero-order valence-corrected chi connectivity index (χ0v) is 14.4. The lowest BCUT2D eigenvalue weighted by Gasteiger charge is -2.19. The molecule has 0 radical (unpaired) electrons. The average Bonchev–Trinajstić information content (AvgIpc) is 2.56. The SMILES string of the molecule is CCCC(=O)N[C@@H](Cc1ccc(O)cc1)C(=O)NCNCCNC. The van der Waals surface area contributed by atoms with Crippen LogP contribution in [-0.2, 0) is 16.0 Å². The van der Waals surface area contributed by atoms with Crippen molar-refractivity contribution in [1.29, 1.82) is 0 Å². The van der Waals surface area contributed by atoms with Crippen molar-refractivity contribution in [3.8, 4) is 5.75 Å². The molecule has 2 amide bonds. The van der Waals surface area contributed by atoms with Gasteiger partial charge in [0.05, 0.1) is 6.67 Å². The molecular weight excluding hydrogens is 308 g/mol. The van der Waals surface area contributed by atoms with E-state index in [1.165, 1.54) is 0 Å². The molecule has 0 heterocycles. The summed E-state index contributed by atoms with van der Waals surface area (Å²) in [6.07, 6.45) is 1.49. The largest absolute Gasteiger partial charge is 0.508 e. The molecule has 0 aliphatic rings. The third kappa shape index (κ3) is 7.94. The Labute approximate surface area is 143 Å². The topological polar surface area (TPSA) is 102 Å². The van der Waals surface area contributed by atoms with Crippen LogP contribution in [0.15, 0.2) is 24.3 Å². The van der Waals surface area contributed by atoms with Crippen LogP contribution in [0.1, 0.15) is 25.3 Å². The maximum atomic E-state index is 12.4. The molecule has 0 saturated carbocycles. The second kappa shape index (κ2) is 11.4. The molecule has 1 rings (SSSR count). The van der Waals surface area contributed by atoms with Gasteiger partial charge in [-0.25, -0.2) is 0 Å². The number of phenols is 1. The Kier molecular flexibility index (Phi) is 9.48. The average molecular weight is 336 g/mol. The fourth-order valence-electron chi connectivity index (χ4n) is 2.15. The van der Waals surface area contributed by atoms with Gasteiger partial charge in [-0.1, -0.05) is 19.1 Å². The molecule has 0 unspecified atom stereocenters. The van der Waals surface area contributed by atoms with Crippen LogP contribution in [0, 0.1) is 0 Å². The molecule has 0 fully saturated rings. The number of likely N-dealkylation sites (N-methyl/N-ethyl adjacent to an activating group) is 1. The van der Waals surface area contributed by atoms with Crippen LogP contribution < -0.4 is 21.3 Å². The van der Waals surface area contributed by atoms with E-state index in [9.17, 15) is 14.7 Å². The number of rotatable bonds is 11. The molecule has 0 saturated heterocycles. The number of phenolic OH excluding ortho intramolecular Hbond substituents is 1. The van der Waals surface area contributed by atoms with Gasteiger partial charge in [-0.3, -0.25) is 14.9 Å². The van der Waals surface area contributed by atoms with Gasteiger partial charge < -0.3 is 21.1 Å². The van der Waals surface area contributed by atoms with E-state index in [1.807, 2.05) is 14.0 Å². The quantitative estimate of drug-likeness (QED) is 0.291. The van der Waals surface area contributed by atoms with Crippen molar-refractivity contribution >= 4 is 11.8 Å². The van der Waals surface area contributed by atoms with E-state index < -0.39 is 6.04 Å². The zero-order valence-electron chi connectivity index (χ0n) is 14.4. The molecule has 0 aliphatic heterocycles. The van der Waals surface area contributed by atoms with E-state index in [1.54, 1.807) is 24.3 Å². The number of aromatic hydroxyl groups is 1. The predicted molar refractivity (Wildman–Crippen MR) is 93.6 cm³/mol. The predicted octanol–water partition coefficient (Wildman–Crippen LogP) is 0.102. The molecule has 1 aromatic rings. The number of nitrogens with one attached hydrogen (secondary N) is 4.